The Hall–Kier alpha value is -2.34. The van der Waals surface area contributed by atoms with Gasteiger partial charge >= 0.3 is 0 Å². The maximum atomic E-state index is 12.4. The molecule has 0 unspecified atom stereocenters. The van der Waals surface area contributed by atoms with Crippen molar-refractivity contribution in [3.05, 3.63) is 54.4 Å². The molecule has 3 aromatic rings. The van der Waals surface area contributed by atoms with Crippen molar-refractivity contribution in [3.63, 3.8) is 0 Å². The molecule has 2 N–H and O–H groups in total. The van der Waals surface area contributed by atoms with Crippen LogP contribution >= 0.6 is 0 Å². The van der Waals surface area contributed by atoms with Gasteiger partial charge in [-0.3, -0.25) is 4.72 Å². The van der Waals surface area contributed by atoms with E-state index < -0.39 is 10.0 Å². The van der Waals surface area contributed by atoms with E-state index in [4.69, 9.17) is 0 Å². The van der Waals surface area contributed by atoms with E-state index in [0.29, 0.717) is 16.7 Å². The first-order valence-corrected chi connectivity index (χ1v) is 7.56. The minimum Gasteiger partial charge on any atom is -0.345 e. The third-order valence-corrected chi connectivity index (χ3v) is 4.39. The Labute approximate surface area is 116 Å². The van der Waals surface area contributed by atoms with Crippen LogP contribution in [0.2, 0.25) is 0 Å². The number of fused-ring (bicyclic) bond motifs is 1. The summed E-state index contributed by atoms with van der Waals surface area (Å²) in [6.45, 7) is 1.91. The Morgan fingerprint density at radius 3 is 2.85 bits per heavy atom. The van der Waals surface area contributed by atoms with Crippen LogP contribution in [-0.2, 0) is 10.0 Å². The molecule has 102 valence electrons. The number of hydrogen-bond donors (Lipinski definition) is 2. The van der Waals surface area contributed by atoms with Crippen molar-refractivity contribution >= 4 is 26.7 Å². The van der Waals surface area contributed by atoms with E-state index in [1.165, 1.54) is 6.20 Å². The predicted octanol–water partition coefficient (Wildman–Crippen LogP) is 2.67. The fraction of sp³-hybridized carbons (Fsp3) is 0.0714. The maximum absolute atomic E-state index is 12.4. The molecule has 0 aliphatic heterocycles. The number of hydrogen-bond acceptors (Lipinski definition) is 3. The SMILES string of the molecule is Cc1cccc(NS(=O)(=O)c2c[nH]c3ncccc23)c1. The number of pyridine rings is 1. The van der Waals surface area contributed by atoms with Gasteiger partial charge in [-0.15, -0.1) is 0 Å². The summed E-state index contributed by atoms with van der Waals surface area (Å²) in [6, 6.07) is 10.7. The van der Waals surface area contributed by atoms with Crippen molar-refractivity contribution < 1.29 is 8.42 Å². The summed E-state index contributed by atoms with van der Waals surface area (Å²) in [5.74, 6) is 0. The second kappa shape index (κ2) is 4.64. The summed E-state index contributed by atoms with van der Waals surface area (Å²) < 4.78 is 27.4. The topological polar surface area (TPSA) is 74.8 Å². The van der Waals surface area contributed by atoms with E-state index >= 15 is 0 Å². The average molecular weight is 287 g/mol. The van der Waals surface area contributed by atoms with Crippen molar-refractivity contribution in [1.29, 1.82) is 0 Å². The monoisotopic (exact) mass is 287 g/mol. The number of anilines is 1. The van der Waals surface area contributed by atoms with E-state index in [0.717, 1.165) is 5.56 Å². The normalized spacial score (nSPS) is 11.7. The number of rotatable bonds is 3. The van der Waals surface area contributed by atoms with Gasteiger partial charge in [0.05, 0.1) is 0 Å². The van der Waals surface area contributed by atoms with Gasteiger partial charge in [-0.25, -0.2) is 13.4 Å². The number of benzene rings is 1. The molecule has 0 aliphatic carbocycles. The molecule has 0 atom stereocenters. The van der Waals surface area contributed by atoms with Crippen molar-refractivity contribution in [2.45, 2.75) is 11.8 Å². The van der Waals surface area contributed by atoms with Gasteiger partial charge < -0.3 is 4.98 Å². The molecule has 0 aliphatic rings. The highest BCUT2D eigenvalue weighted by molar-refractivity contribution is 7.93. The third kappa shape index (κ3) is 2.25. The molecule has 6 heteroatoms. The molecule has 20 heavy (non-hydrogen) atoms. The van der Waals surface area contributed by atoms with Gasteiger partial charge in [-0.1, -0.05) is 12.1 Å². The Bertz CT molecular complexity index is 869. The van der Waals surface area contributed by atoms with Gasteiger partial charge in [-0.05, 0) is 36.8 Å². The van der Waals surface area contributed by atoms with Crippen molar-refractivity contribution in [2.75, 3.05) is 4.72 Å². The lowest BCUT2D eigenvalue weighted by molar-refractivity contribution is 0.602. The average Bonchev–Trinajstić information content (AvgIpc) is 2.82. The molecule has 0 fully saturated rings. The number of aryl methyl sites for hydroxylation is 1. The number of aromatic amines is 1. The molecule has 0 amide bonds. The lowest BCUT2D eigenvalue weighted by Crippen LogP contribution is -2.12. The summed E-state index contributed by atoms with van der Waals surface area (Å²) in [4.78, 5) is 7.15. The van der Waals surface area contributed by atoms with Gasteiger partial charge in [0.25, 0.3) is 10.0 Å². The van der Waals surface area contributed by atoms with Crippen LogP contribution in [0.25, 0.3) is 11.0 Å². The van der Waals surface area contributed by atoms with Crippen LogP contribution in [0.1, 0.15) is 5.56 Å². The molecule has 5 nitrogen and oxygen atoms in total. The molecular formula is C14H13N3O2S. The van der Waals surface area contributed by atoms with Gasteiger partial charge in [0.2, 0.25) is 0 Å². The smallest absolute Gasteiger partial charge is 0.264 e. The van der Waals surface area contributed by atoms with Gasteiger partial charge in [0.15, 0.2) is 0 Å². The molecule has 1 aromatic carbocycles. The summed E-state index contributed by atoms with van der Waals surface area (Å²) in [5, 5.41) is 0.577. The first-order chi connectivity index (χ1) is 9.56. The van der Waals surface area contributed by atoms with Crippen LogP contribution in [0.15, 0.2) is 53.7 Å². The minimum atomic E-state index is -3.63. The van der Waals surface area contributed by atoms with Gasteiger partial charge in [0, 0.05) is 23.5 Å². The van der Waals surface area contributed by atoms with E-state index in [-0.39, 0.29) is 4.90 Å². The fourth-order valence-corrected chi connectivity index (χ4v) is 3.29. The van der Waals surface area contributed by atoms with E-state index in [1.54, 1.807) is 30.5 Å². The molecule has 0 spiro atoms. The van der Waals surface area contributed by atoms with Crippen molar-refractivity contribution in [1.82, 2.24) is 9.97 Å². The van der Waals surface area contributed by atoms with E-state index in [9.17, 15) is 8.42 Å². The molecule has 2 heterocycles. The number of nitrogens with one attached hydrogen (secondary N) is 2. The lowest BCUT2D eigenvalue weighted by atomic mass is 10.2. The van der Waals surface area contributed by atoms with Crippen molar-refractivity contribution in [2.24, 2.45) is 0 Å². The second-order valence-corrected chi connectivity index (χ2v) is 6.18. The van der Waals surface area contributed by atoms with E-state index in [1.807, 2.05) is 19.1 Å². The molecule has 0 saturated carbocycles. The zero-order valence-electron chi connectivity index (χ0n) is 10.8. The number of sulfonamides is 1. The quantitative estimate of drug-likeness (QED) is 0.777. The Kier molecular flexibility index (Phi) is 2.94. The van der Waals surface area contributed by atoms with Crippen LogP contribution in [0.5, 0.6) is 0 Å². The largest absolute Gasteiger partial charge is 0.345 e. The third-order valence-electron chi connectivity index (χ3n) is 2.97. The summed E-state index contributed by atoms with van der Waals surface area (Å²) >= 11 is 0. The first-order valence-electron chi connectivity index (χ1n) is 6.08. The van der Waals surface area contributed by atoms with Crippen LogP contribution in [0.3, 0.4) is 0 Å². The first kappa shape index (κ1) is 12.7. The summed E-state index contributed by atoms with van der Waals surface area (Å²) in [5.41, 5.74) is 2.09. The maximum Gasteiger partial charge on any atom is 0.264 e. The zero-order valence-corrected chi connectivity index (χ0v) is 11.6. The number of nitrogens with zero attached hydrogens (tertiary/aromatic N) is 1. The Balaban J connectivity index is 2.04. The Morgan fingerprint density at radius 2 is 2.05 bits per heavy atom. The summed E-state index contributed by atoms with van der Waals surface area (Å²) in [7, 11) is -3.63. The highest BCUT2D eigenvalue weighted by Crippen LogP contribution is 2.23. The lowest BCUT2D eigenvalue weighted by Gasteiger charge is -2.07. The van der Waals surface area contributed by atoms with Gasteiger partial charge in [0.1, 0.15) is 10.5 Å². The molecule has 0 saturated heterocycles. The van der Waals surface area contributed by atoms with Crippen LogP contribution < -0.4 is 4.72 Å². The summed E-state index contributed by atoms with van der Waals surface area (Å²) in [6.07, 6.45) is 3.07. The van der Waals surface area contributed by atoms with E-state index in [2.05, 4.69) is 14.7 Å². The molecule has 3 rings (SSSR count). The predicted molar refractivity (Wildman–Crippen MR) is 78.1 cm³/mol. The number of aromatic nitrogens is 2. The van der Waals surface area contributed by atoms with Gasteiger partial charge in [-0.2, -0.15) is 0 Å². The second-order valence-electron chi connectivity index (χ2n) is 4.53. The number of H-pyrrole nitrogens is 1. The van der Waals surface area contributed by atoms with Crippen LogP contribution in [0.4, 0.5) is 5.69 Å². The Morgan fingerprint density at radius 1 is 1.20 bits per heavy atom. The van der Waals surface area contributed by atoms with Crippen LogP contribution in [0, 0.1) is 6.92 Å². The molecule has 2 aromatic heterocycles. The molecule has 0 radical (unpaired) electrons. The zero-order chi connectivity index (χ0) is 14.2. The highest BCUT2D eigenvalue weighted by atomic mass is 32.2. The standard InChI is InChI=1S/C14H13N3O2S/c1-10-4-2-5-11(8-10)17-20(18,19)13-9-16-14-12(13)6-3-7-15-14/h2-9,17H,1H3,(H,15,16). The van der Waals surface area contributed by atoms with Crippen molar-refractivity contribution in [3.8, 4) is 0 Å². The minimum absolute atomic E-state index is 0.196. The molecule has 0 bridgehead atoms. The fourth-order valence-electron chi connectivity index (χ4n) is 2.07. The highest BCUT2D eigenvalue weighted by Gasteiger charge is 2.19. The van der Waals surface area contributed by atoms with Crippen LogP contribution in [-0.4, -0.2) is 18.4 Å². The molecular weight excluding hydrogens is 274 g/mol.